The normalized spacial score (nSPS) is 18.8. The number of aromatic nitrogens is 1. The van der Waals surface area contributed by atoms with Crippen LogP contribution in [-0.4, -0.2) is 17.0 Å². The van der Waals surface area contributed by atoms with Gasteiger partial charge >= 0.3 is 6.09 Å². The lowest BCUT2D eigenvalue weighted by Gasteiger charge is -2.20. The fourth-order valence-electron chi connectivity index (χ4n) is 4.71. The Morgan fingerprint density at radius 3 is 2.56 bits per heavy atom. The van der Waals surface area contributed by atoms with Crippen LogP contribution in [0.5, 0.6) is 0 Å². The van der Waals surface area contributed by atoms with Crippen LogP contribution in [0.1, 0.15) is 37.2 Å². The maximum Gasteiger partial charge on any atom is 0.419 e. The lowest BCUT2D eigenvalue weighted by Crippen LogP contribution is -2.21. The number of cyclic esters (lactones) is 1. The fourth-order valence-corrected chi connectivity index (χ4v) is 4.71. The van der Waals surface area contributed by atoms with Crippen LogP contribution >= 0.6 is 0 Å². The summed E-state index contributed by atoms with van der Waals surface area (Å²) in [4.78, 5) is 39.4. The zero-order chi connectivity index (χ0) is 22.2. The number of aromatic amines is 1. The fraction of sp³-hybridized carbons (Fsp3) is 0.240. The zero-order valence-corrected chi connectivity index (χ0v) is 17.2. The second-order valence-electron chi connectivity index (χ2n) is 8.28. The number of ether oxygens (including phenoxy) is 1. The minimum absolute atomic E-state index is 0.0691. The zero-order valence-electron chi connectivity index (χ0n) is 17.2. The molecule has 0 radical (unpaired) electrons. The Morgan fingerprint density at radius 2 is 1.84 bits per heavy atom. The van der Waals surface area contributed by atoms with Crippen LogP contribution in [0.25, 0.3) is 22.0 Å². The van der Waals surface area contributed by atoms with Gasteiger partial charge in [-0.15, -0.1) is 0 Å². The molecule has 2 amide bonds. The van der Waals surface area contributed by atoms with Gasteiger partial charge in [0.1, 0.15) is 5.82 Å². The van der Waals surface area contributed by atoms with Crippen LogP contribution in [0.15, 0.2) is 65.2 Å². The lowest BCUT2D eigenvalue weighted by molar-refractivity contribution is -0.116. The summed E-state index contributed by atoms with van der Waals surface area (Å²) in [7, 11) is 0. The van der Waals surface area contributed by atoms with E-state index < -0.39 is 12.0 Å². The van der Waals surface area contributed by atoms with Gasteiger partial charge in [0.2, 0.25) is 0 Å². The number of hydrogen-bond acceptors (Lipinski definition) is 4. The molecule has 6 nitrogen and oxygen atoms in total. The predicted octanol–water partition coefficient (Wildman–Crippen LogP) is 4.76. The number of H-pyrrole nitrogens is 1. The minimum atomic E-state index is -0.806. The molecule has 2 heterocycles. The quantitative estimate of drug-likeness (QED) is 0.582. The van der Waals surface area contributed by atoms with Gasteiger partial charge in [0, 0.05) is 22.6 Å². The van der Waals surface area contributed by atoms with Crippen molar-refractivity contribution in [3.63, 3.8) is 0 Å². The first kappa shape index (κ1) is 20.2. The van der Waals surface area contributed by atoms with Crippen LogP contribution in [0.4, 0.5) is 9.18 Å². The SMILES string of the molecule is O=C1NC(=O)/C(=C/C(c2ccc(-c3ccc4cccc(F)c4c3)[nH]c2=O)C2CCCC2)O1. The van der Waals surface area contributed by atoms with Crippen molar-refractivity contribution in [1.82, 2.24) is 10.3 Å². The number of fused-ring (bicyclic) bond motifs is 1. The Bertz CT molecular complexity index is 1320. The van der Waals surface area contributed by atoms with Crippen molar-refractivity contribution in [2.45, 2.75) is 31.6 Å². The Morgan fingerprint density at radius 1 is 1.03 bits per heavy atom. The second kappa shape index (κ2) is 8.07. The molecule has 1 unspecified atom stereocenters. The molecule has 2 N–H and O–H groups in total. The van der Waals surface area contributed by atoms with Gasteiger partial charge in [0.15, 0.2) is 5.76 Å². The van der Waals surface area contributed by atoms with E-state index in [1.54, 1.807) is 30.3 Å². The monoisotopic (exact) mass is 432 g/mol. The van der Waals surface area contributed by atoms with E-state index in [9.17, 15) is 18.8 Å². The summed E-state index contributed by atoms with van der Waals surface area (Å²) in [6, 6.07) is 13.8. The number of alkyl carbamates (subject to hydrolysis) is 1. The summed E-state index contributed by atoms with van der Waals surface area (Å²) < 4.78 is 19.2. The molecule has 162 valence electrons. The number of hydrogen-bond donors (Lipinski definition) is 2. The number of imide groups is 1. The van der Waals surface area contributed by atoms with E-state index in [1.807, 2.05) is 18.2 Å². The molecule has 1 saturated carbocycles. The molecule has 7 heteroatoms. The topological polar surface area (TPSA) is 88.3 Å². The minimum Gasteiger partial charge on any atom is -0.404 e. The maximum absolute atomic E-state index is 14.2. The molecular weight excluding hydrogens is 411 g/mol. The van der Waals surface area contributed by atoms with Crippen molar-refractivity contribution in [3.05, 3.63) is 82.1 Å². The number of nitrogens with one attached hydrogen (secondary N) is 2. The lowest BCUT2D eigenvalue weighted by atomic mass is 9.84. The third kappa shape index (κ3) is 3.70. The Balaban J connectivity index is 1.54. The highest BCUT2D eigenvalue weighted by Gasteiger charge is 2.32. The van der Waals surface area contributed by atoms with Gasteiger partial charge in [-0.25, -0.2) is 9.18 Å². The smallest absolute Gasteiger partial charge is 0.404 e. The van der Waals surface area contributed by atoms with Crippen LogP contribution in [0.3, 0.4) is 0 Å². The average Bonchev–Trinajstić information content (AvgIpc) is 3.42. The van der Waals surface area contributed by atoms with E-state index in [2.05, 4.69) is 10.3 Å². The third-order valence-corrected chi connectivity index (χ3v) is 6.32. The van der Waals surface area contributed by atoms with Gasteiger partial charge < -0.3 is 9.72 Å². The molecule has 1 aliphatic heterocycles. The largest absolute Gasteiger partial charge is 0.419 e. The first-order valence-electron chi connectivity index (χ1n) is 10.7. The highest BCUT2D eigenvalue weighted by Crippen LogP contribution is 2.38. The summed E-state index contributed by atoms with van der Waals surface area (Å²) >= 11 is 0. The maximum atomic E-state index is 14.2. The molecule has 2 aromatic carbocycles. The molecule has 1 aromatic heterocycles. The van der Waals surface area contributed by atoms with Crippen LogP contribution in [0.2, 0.25) is 0 Å². The summed E-state index contributed by atoms with van der Waals surface area (Å²) in [5, 5.41) is 3.36. The van der Waals surface area contributed by atoms with Gasteiger partial charge in [-0.3, -0.25) is 14.9 Å². The number of amides is 2. The van der Waals surface area contributed by atoms with Gasteiger partial charge in [0.25, 0.3) is 11.5 Å². The van der Waals surface area contributed by atoms with Gasteiger partial charge in [0.05, 0.1) is 0 Å². The molecule has 5 rings (SSSR count). The Labute approximate surface area is 183 Å². The van der Waals surface area contributed by atoms with E-state index in [0.29, 0.717) is 22.2 Å². The van der Waals surface area contributed by atoms with Crippen molar-refractivity contribution in [2.24, 2.45) is 5.92 Å². The van der Waals surface area contributed by atoms with Crippen molar-refractivity contribution >= 4 is 22.8 Å². The van der Waals surface area contributed by atoms with Crippen molar-refractivity contribution in [1.29, 1.82) is 0 Å². The number of allylic oxidation sites excluding steroid dienone is 1. The predicted molar refractivity (Wildman–Crippen MR) is 117 cm³/mol. The van der Waals surface area contributed by atoms with E-state index in [0.717, 1.165) is 31.1 Å². The highest BCUT2D eigenvalue weighted by molar-refractivity contribution is 6.07. The number of pyridine rings is 1. The summed E-state index contributed by atoms with van der Waals surface area (Å²) in [6.07, 6.45) is 4.74. The second-order valence-corrected chi connectivity index (χ2v) is 8.28. The number of rotatable bonds is 4. The average molecular weight is 432 g/mol. The first-order valence-corrected chi connectivity index (χ1v) is 10.7. The summed E-state index contributed by atoms with van der Waals surface area (Å²) in [6.45, 7) is 0. The van der Waals surface area contributed by atoms with E-state index in [4.69, 9.17) is 4.74 Å². The van der Waals surface area contributed by atoms with E-state index >= 15 is 0 Å². The van der Waals surface area contributed by atoms with Crippen LogP contribution in [0, 0.1) is 11.7 Å². The molecule has 1 saturated heterocycles. The Hall–Kier alpha value is -3.74. The third-order valence-electron chi connectivity index (χ3n) is 6.32. The molecule has 0 bridgehead atoms. The van der Waals surface area contributed by atoms with E-state index in [-0.39, 0.29) is 29.0 Å². The molecule has 32 heavy (non-hydrogen) atoms. The first-order chi connectivity index (χ1) is 15.5. The summed E-state index contributed by atoms with van der Waals surface area (Å²) in [5.74, 6) is -1.16. The highest BCUT2D eigenvalue weighted by atomic mass is 19.1. The molecule has 1 aliphatic carbocycles. The molecule has 1 atom stereocenters. The van der Waals surface area contributed by atoms with E-state index in [1.165, 1.54) is 6.07 Å². The van der Waals surface area contributed by atoms with Gasteiger partial charge in [-0.2, -0.15) is 0 Å². The van der Waals surface area contributed by atoms with Gasteiger partial charge in [-0.1, -0.05) is 43.2 Å². The number of carbonyl (C=O) groups is 2. The number of carbonyl (C=O) groups excluding carboxylic acids is 2. The van der Waals surface area contributed by atoms with Crippen molar-refractivity contribution in [2.75, 3.05) is 0 Å². The van der Waals surface area contributed by atoms with Crippen molar-refractivity contribution < 1.29 is 18.7 Å². The number of halogens is 1. The van der Waals surface area contributed by atoms with Crippen molar-refractivity contribution in [3.8, 4) is 11.3 Å². The molecular formula is C25H21FN2O4. The standard InChI is InChI=1S/C25H21FN2O4/c26-20-7-3-6-15-8-9-16(12-19(15)20)21-11-10-17(23(29)27-21)18(14-4-1-2-5-14)13-22-24(30)28-25(31)32-22/h3,6-14,18H,1-2,4-5H2,(H,27,29)(H,28,30,31)/b22-13-. The molecule has 3 aromatic rings. The summed E-state index contributed by atoms with van der Waals surface area (Å²) in [5.41, 5.74) is 1.50. The van der Waals surface area contributed by atoms with Crippen LogP contribution in [-0.2, 0) is 9.53 Å². The number of benzene rings is 2. The molecule has 0 spiro atoms. The molecule has 2 aliphatic rings. The Kier molecular flexibility index (Phi) is 5.09. The van der Waals surface area contributed by atoms with Gasteiger partial charge in [-0.05, 0) is 54.0 Å². The molecule has 2 fully saturated rings. The van der Waals surface area contributed by atoms with Crippen LogP contribution < -0.4 is 10.9 Å².